The Kier molecular flexibility index (Phi) is 17.9. The van der Waals surface area contributed by atoms with Crippen molar-refractivity contribution in [2.45, 2.75) is 98.4 Å². The van der Waals surface area contributed by atoms with E-state index in [9.17, 15) is 0 Å². The van der Waals surface area contributed by atoms with Crippen molar-refractivity contribution in [2.75, 3.05) is 33.9 Å². The molecule has 0 aliphatic rings. The van der Waals surface area contributed by atoms with Crippen LogP contribution in [0.4, 0.5) is 0 Å². The molecule has 0 bridgehead atoms. The summed E-state index contributed by atoms with van der Waals surface area (Å²) in [7, 11) is 1.77. The highest BCUT2D eigenvalue weighted by Crippen LogP contribution is 2.30. The molecule has 0 spiro atoms. The Morgan fingerprint density at radius 1 is 0.654 bits per heavy atom. The zero-order valence-electron chi connectivity index (χ0n) is 18.6. The summed E-state index contributed by atoms with van der Waals surface area (Å²) in [5, 5.41) is 0. The molecule has 26 heavy (non-hydrogen) atoms. The van der Waals surface area contributed by atoms with Crippen LogP contribution in [0.1, 0.15) is 92.4 Å². The summed E-state index contributed by atoms with van der Waals surface area (Å²) in [5.74, 6) is 0. The zero-order chi connectivity index (χ0) is 19.2. The molecule has 0 radical (unpaired) electrons. The Balaban J connectivity index is 0. The van der Waals surface area contributed by atoms with Gasteiger partial charge in [-0.2, -0.15) is 0 Å². The quantitative estimate of drug-likeness (QED) is 0.272. The van der Waals surface area contributed by atoms with E-state index in [1.165, 1.54) is 57.8 Å². The molecule has 0 aromatic heterocycles. The lowest BCUT2D eigenvalue weighted by Gasteiger charge is -2.46. The van der Waals surface area contributed by atoms with Crippen LogP contribution in [0.5, 0.6) is 0 Å². The van der Waals surface area contributed by atoms with E-state index in [4.69, 9.17) is 13.3 Å². The Morgan fingerprint density at radius 2 is 1.12 bits per heavy atom. The van der Waals surface area contributed by atoms with Gasteiger partial charge < -0.3 is 29.8 Å². The molecule has 0 saturated carbocycles. The van der Waals surface area contributed by atoms with Crippen LogP contribution in [-0.4, -0.2) is 53.1 Å². The van der Waals surface area contributed by atoms with Gasteiger partial charge in [0.05, 0.1) is 20.1 Å². The van der Waals surface area contributed by atoms with Crippen molar-refractivity contribution in [3.05, 3.63) is 0 Å². The standard InChI is InChI=1S/C20H46NO3Si.ClH/c1-8-13-14-15-16-17-19-20(18-9-2)21(6,7)25(22-10-3,23-11-4)24-12-5;/h20H,8-19H2,1-7H3;1H/q+1;/p-1. The second kappa shape index (κ2) is 16.3. The second-order valence-electron chi connectivity index (χ2n) is 7.36. The first-order valence-corrected chi connectivity index (χ1v) is 12.4. The molecule has 0 aromatic carbocycles. The Labute approximate surface area is 171 Å². The van der Waals surface area contributed by atoms with Crippen LogP contribution < -0.4 is 12.4 Å². The summed E-state index contributed by atoms with van der Waals surface area (Å²) >= 11 is 0. The summed E-state index contributed by atoms with van der Waals surface area (Å²) < 4.78 is 19.4. The molecule has 1 unspecified atom stereocenters. The van der Waals surface area contributed by atoms with Gasteiger partial charge in [0.15, 0.2) is 0 Å². The third kappa shape index (κ3) is 9.02. The predicted octanol–water partition coefficient (Wildman–Crippen LogP) is 2.53. The average molecular weight is 412 g/mol. The first-order chi connectivity index (χ1) is 12.0. The van der Waals surface area contributed by atoms with Crippen LogP contribution >= 0.6 is 0 Å². The van der Waals surface area contributed by atoms with Gasteiger partial charge in [-0.15, -0.1) is 0 Å². The summed E-state index contributed by atoms with van der Waals surface area (Å²) in [4.78, 5) is 0. The maximum Gasteiger partial charge on any atom is 0.784 e. The first-order valence-electron chi connectivity index (χ1n) is 10.7. The molecule has 0 aromatic rings. The molecule has 1 atom stereocenters. The van der Waals surface area contributed by atoms with Crippen LogP contribution in [0.3, 0.4) is 0 Å². The van der Waals surface area contributed by atoms with Crippen molar-refractivity contribution >= 4 is 8.97 Å². The van der Waals surface area contributed by atoms with Gasteiger partial charge in [-0.25, -0.2) is 0 Å². The number of unbranched alkanes of at least 4 members (excludes halogenated alkanes) is 5. The molecule has 0 rings (SSSR count). The van der Waals surface area contributed by atoms with Crippen LogP contribution in [-0.2, 0) is 13.3 Å². The van der Waals surface area contributed by atoms with E-state index in [2.05, 4.69) is 27.9 Å². The Hall–Kier alpha value is 0.347. The lowest BCUT2D eigenvalue weighted by Crippen LogP contribution is -3.00. The predicted molar refractivity (Wildman–Crippen MR) is 109 cm³/mol. The average Bonchev–Trinajstić information content (AvgIpc) is 2.57. The summed E-state index contributed by atoms with van der Waals surface area (Å²) in [6.07, 6.45) is 11.7. The van der Waals surface area contributed by atoms with Crippen molar-refractivity contribution in [3.63, 3.8) is 0 Å². The second-order valence-corrected chi connectivity index (χ2v) is 10.4. The lowest BCUT2D eigenvalue weighted by molar-refractivity contribution is -0.847. The van der Waals surface area contributed by atoms with E-state index >= 15 is 0 Å². The molecule has 0 heterocycles. The van der Waals surface area contributed by atoms with Crippen LogP contribution in [0, 0.1) is 0 Å². The maximum absolute atomic E-state index is 6.23. The van der Waals surface area contributed by atoms with Gasteiger partial charge in [-0.05, 0) is 40.0 Å². The maximum atomic E-state index is 6.23. The minimum Gasteiger partial charge on any atom is -1.00 e. The molecule has 0 aliphatic carbocycles. The van der Waals surface area contributed by atoms with E-state index in [0.29, 0.717) is 25.9 Å². The number of halogens is 1. The van der Waals surface area contributed by atoms with Gasteiger partial charge in [0.25, 0.3) is 0 Å². The number of hydrogen-bond acceptors (Lipinski definition) is 3. The van der Waals surface area contributed by atoms with Crippen LogP contribution in [0.2, 0.25) is 0 Å². The highest BCUT2D eigenvalue weighted by atomic mass is 35.5. The number of nitrogens with zero attached hydrogens (tertiary/aromatic N) is 1. The smallest absolute Gasteiger partial charge is 0.784 e. The number of rotatable bonds is 17. The Morgan fingerprint density at radius 3 is 1.54 bits per heavy atom. The van der Waals surface area contributed by atoms with Crippen LogP contribution in [0.15, 0.2) is 0 Å². The highest BCUT2D eigenvalue weighted by Gasteiger charge is 2.64. The molecule has 0 amide bonds. The topological polar surface area (TPSA) is 27.7 Å². The van der Waals surface area contributed by atoms with E-state index in [0.717, 1.165) is 4.15 Å². The molecule has 160 valence electrons. The minimum atomic E-state index is -2.77. The zero-order valence-corrected chi connectivity index (χ0v) is 20.4. The summed E-state index contributed by atoms with van der Waals surface area (Å²) in [6, 6.07) is 0.535. The first kappa shape index (κ1) is 28.6. The highest BCUT2D eigenvalue weighted by molar-refractivity contribution is 6.52. The van der Waals surface area contributed by atoms with Gasteiger partial charge in [0, 0.05) is 19.8 Å². The molecule has 0 saturated heterocycles. The van der Waals surface area contributed by atoms with Crippen molar-refractivity contribution in [2.24, 2.45) is 0 Å². The van der Waals surface area contributed by atoms with Crippen LogP contribution in [0.25, 0.3) is 0 Å². The van der Waals surface area contributed by atoms with Crippen molar-refractivity contribution in [1.82, 2.24) is 0 Å². The van der Waals surface area contributed by atoms with E-state index in [1.807, 2.05) is 20.8 Å². The van der Waals surface area contributed by atoms with E-state index in [-0.39, 0.29) is 12.4 Å². The normalized spacial score (nSPS) is 13.5. The fraction of sp³-hybridized carbons (Fsp3) is 1.00. The molecule has 4 nitrogen and oxygen atoms in total. The van der Waals surface area contributed by atoms with E-state index < -0.39 is 8.97 Å². The number of quaternary nitrogens is 1. The SMILES string of the molecule is CCCCCCCCC(CCC)[N+](C)(C)[Si](OCC)(OCC)OCC.[Cl-]. The third-order valence-electron chi connectivity index (χ3n) is 5.11. The van der Waals surface area contributed by atoms with Gasteiger partial charge in [0.2, 0.25) is 0 Å². The van der Waals surface area contributed by atoms with E-state index in [1.54, 1.807) is 0 Å². The molecule has 6 heteroatoms. The molecule has 0 aliphatic heterocycles. The number of hydrogen-bond donors (Lipinski definition) is 0. The molecular formula is C20H46ClNO3Si. The van der Waals surface area contributed by atoms with Crippen molar-refractivity contribution in [3.8, 4) is 0 Å². The monoisotopic (exact) mass is 411 g/mol. The Bertz CT molecular complexity index is 302. The minimum absolute atomic E-state index is 0. The molecule has 0 fully saturated rings. The molecule has 0 N–H and O–H groups in total. The summed E-state index contributed by atoms with van der Waals surface area (Å²) in [5.41, 5.74) is 0. The fourth-order valence-electron chi connectivity index (χ4n) is 3.68. The van der Waals surface area contributed by atoms with Gasteiger partial charge >= 0.3 is 8.97 Å². The fourth-order valence-corrected chi connectivity index (χ4v) is 6.73. The lowest BCUT2D eigenvalue weighted by atomic mass is 10.0. The third-order valence-corrected chi connectivity index (χ3v) is 8.85. The van der Waals surface area contributed by atoms with Gasteiger partial charge in [-0.1, -0.05) is 52.4 Å². The van der Waals surface area contributed by atoms with Gasteiger partial charge in [0.1, 0.15) is 0 Å². The molecular weight excluding hydrogens is 366 g/mol. The van der Waals surface area contributed by atoms with Crippen molar-refractivity contribution < 1.29 is 29.8 Å². The summed E-state index contributed by atoms with van der Waals surface area (Å²) in [6.45, 7) is 12.6. The van der Waals surface area contributed by atoms with Crippen molar-refractivity contribution in [1.29, 1.82) is 0 Å². The van der Waals surface area contributed by atoms with Gasteiger partial charge in [-0.3, -0.25) is 0 Å². The largest absolute Gasteiger partial charge is 1.00 e.